The van der Waals surface area contributed by atoms with Gasteiger partial charge in [0.25, 0.3) is 0 Å². The molecule has 1 aromatic carbocycles. The Morgan fingerprint density at radius 2 is 2.13 bits per heavy atom. The first kappa shape index (κ1) is 21.7. The van der Waals surface area contributed by atoms with Crippen LogP contribution in [0.1, 0.15) is 51.2 Å². The molecule has 1 heterocycles. The van der Waals surface area contributed by atoms with Crippen molar-refractivity contribution in [2.45, 2.75) is 51.7 Å². The highest BCUT2D eigenvalue weighted by molar-refractivity contribution is 6.31. The summed E-state index contributed by atoms with van der Waals surface area (Å²) in [6, 6.07) is 3.41. The van der Waals surface area contributed by atoms with Crippen molar-refractivity contribution in [3.63, 3.8) is 0 Å². The van der Waals surface area contributed by atoms with E-state index in [-0.39, 0.29) is 40.6 Å². The fraction of sp³-hybridized carbons (Fsp3) is 0.696. The van der Waals surface area contributed by atoms with Crippen LogP contribution in [0.15, 0.2) is 12.1 Å². The lowest BCUT2D eigenvalue weighted by Gasteiger charge is -2.53. The lowest BCUT2D eigenvalue weighted by Crippen LogP contribution is -2.59. The molecule has 2 saturated carbocycles. The fourth-order valence-electron chi connectivity index (χ4n) is 6.46. The molecule has 5 atom stereocenters. The fourth-order valence-corrected chi connectivity index (χ4v) is 6.73. The molecule has 1 aromatic rings. The van der Waals surface area contributed by atoms with E-state index in [0.717, 1.165) is 24.8 Å². The summed E-state index contributed by atoms with van der Waals surface area (Å²) in [6.45, 7) is 5.61. The van der Waals surface area contributed by atoms with Gasteiger partial charge in [0.05, 0.1) is 24.8 Å². The summed E-state index contributed by atoms with van der Waals surface area (Å²) in [6.07, 6.45) is 3.25. The Kier molecular flexibility index (Phi) is 5.71. The van der Waals surface area contributed by atoms with Crippen molar-refractivity contribution in [2.24, 2.45) is 22.7 Å². The third-order valence-corrected chi connectivity index (χ3v) is 8.28. The van der Waals surface area contributed by atoms with Crippen LogP contribution in [-0.4, -0.2) is 44.5 Å². The number of ether oxygens (including phenoxy) is 3. The second-order valence-electron chi connectivity index (χ2n) is 9.63. The zero-order valence-electron chi connectivity index (χ0n) is 18.2. The Morgan fingerprint density at radius 1 is 1.37 bits per heavy atom. The van der Waals surface area contributed by atoms with Gasteiger partial charge >= 0.3 is 0 Å². The minimum atomic E-state index is -0.180. The number of amides is 1. The number of benzene rings is 1. The van der Waals surface area contributed by atoms with Crippen LogP contribution >= 0.6 is 11.6 Å². The third-order valence-electron chi connectivity index (χ3n) is 7.95. The number of phenolic OH excluding ortho intramolecular Hbond substituents is 1. The smallest absolute Gasteiger partial charge is 0.222 e. The van der Waals surface area contributed by atoms with Crippen LogP contribution in [0.25, 0.3) is 0 Å². The van der Waals surface area contributed by atoms with Crippen LogP contribution in [-0.2, 0) is 14.3 Å². The van der Waals surface area contributed by atoms with Gasteiger partial charge in [-0.05, 0) is 48.0 Å². The summed E-state index contributed by atoms with van der Waals surface area (Å²) in [5.74, 6) is 1.23. The third kappa shape index (κ3) is 3.28. The predicted octanol–water partition coefficient (Wildman–Crippen LogP) is 4.09. The standard InChI is InChI=1S/C23H32ClNO5/c1-22(2)13-9-15-20(14-10-18(29-4)17(26)11-16(14)24)30-8-6-23(15,12-13)21(22)25-19(27)5-7-28-3/h10-11,13,15,20-21,26H,5-9,12H2,1-4H3,(H,25,27)/t13-,15-,20-,21+,23?/m1/s1. The van der Waals surface area contributed by atoms with Gasteiger partial charge in [-0.1, -0.05) is 25.4 Å². The van der Waals surface area contributed by atoms with Crippen LogP contribution in [0.3, 0.4) is 0 Å². The molecule has 0 radical (unpaired) electrons. The van der Waals surface area contributed by atoms with Gasteiger partial charge in [0.2, 0.25) is 5.91 Å². The molecule has 2 N–H and O–H groups in total. The second kappa shape index (κ2) is 7.88. The van der Waals surface area contributed by atoms with Gasteiger partial charge < -0.3 is 24.6 Å². The van der Waals surface area contributed by atoms with Crippen LogP contribution in [0.5, 0.6) is 11.5 Å². The summed E-state index contributed by atoms with van der Waals surface area (Å²) < 4.78 is 16.7. The Balaban J connectivity index is 1.67. The molecule has 0 aromatic heterocycles. The second-order valence-corrected chi connectivity index (χ2v) is 10.0. The van der Waals surface area contributed by atoms with Gasteiger partial charge in [-0.3, -0.25) is 4.79 Å². The van der Waals surface area contributed by atoms with Crippen molar-refractivity contribution in [3.05, 3.63) is 22.7 Å². The number of fused-ring (bicyclic) bond motifs is 1. The summed E-state index contributed by atoms with van der Waals surface area (Å²) in [4.78, 5) is 12.6. The van der Waals surface area contributed by atoms with E-state index in [4.69, 9.17) is 25.8 Å². The van der Waals surface area contributed by atoms with Crippen LogP contribution in [0.4, 0.5) is 0 Å². The molecule has 1 unspecified atom stereocenters. The van der Waals surface area contributed by atoms with Crippen LogP contribution in [0.2, 0.25) is 5.02 Å². The van der Waals surface area contributed by atoms with Gasteiger partial charge in [0, 0.05) is 37.8 Å². The average Bonchev–Trinajstić information content (AvgIpc) is 3.19. The molecule has 4 rings (SSSR count). The number of hydrogen-bond donors (Lipinski definition) is 2. The number of nitrogens with one attached hydrogen (secondary N) is 1. The van der Waals surface area contributed by atoms with E-state index < -0.39 is 0 Å². The van der Waals surface area contributed by atoms with E-state index in [1.54, 1.807) is 13.2 Å². The highest BCUT2D eigenvalue weighted by Gasteiger charge is 2.68. The van der Waals surface area contributed by atoms with E-state index in [0.29, 0.717) is 36.3 Å². The minimum absolute atomic E-state index is 0.0196. The molecule has 3 aliphatic rings. The first-order chi connectivity index (χ1) is 14.2. The van der Waals surface area contributed by atoms with E-state index in [2.05, 4.69) is 19.2 Å². The van der Waals surface area contributed by atoms with E-state index in [1.165, 1.54) is 13.2 Å². The van der Waals surface area contributed by atoms with Gasteiger partial charge in [-0.2, -0.15) is 0 Å². The maximum absolute atomic E-state index is 12.6. The molecule has 1 spiro atoms. The van der Waals surface area contributed by atoms with Gasteiger partial charge in [-0.15, -0.1) is 0 Å². The average molecular weight is 438 g/mol. The molecule has 1 amide bonds. The maximum atomic E-state index is 12.6. The Morgan fingerprint density at radius 3 is 2.83 bits per heavy atom. The summed E-state index contributed by atoms with van der Waals surface area (Å²) >= 11 is 6.54. The number of carbonyl (C=O) groups is 1. The molecule has 3 fully saturated rings. The SMILES string of the molecule is COCCC(=O)N[C@H]1C(C)(C)[C@@H]2C[C@@H]3[C@@H](c4cc(OC)c(O)cc4Cl)OCCC31C2. The first-order valence-corrected chi connectivity index (χ1v) is 11.1. The minimum Gasteiger partial charge on any atom is -0.504 e. The summed E-state index contributed by atoms with van der Waals surface area (Å²) in [5.41, 5.74) is 0.858. The molecule has 1 aliphatic heterocycles. The van der Waals surface area contributed by atoms with E-state index >= 15 is 0 Å². The number of hydrogen-bond acceptors (Lipinski definition) is 5. The quantitative estimate of drug-likeness (QED) is 0.700. The van der Waals surface area contributed by atoms with Gasteiger partial charge in [0.1, 0.15) is 0 Å². The van der Waals surface area contributed by atoms with Crippen molar-refractivity contribution in [3.8, 4) is 11.5 Å². The number of phenols is 1. The molecule has 2 bridgehead atoms. The Labute approximate surface area is 183 Å². The van der Waals surface area contributed by atoms with Crippen molar-refractivity contribution < 1.29 is 24.1 Å². The molecular formula is C23H32ClNO5. The molecule has 1 saturated heterocycles. The van der Waals surface area contributed by atoms with E-state index in [1.807, 2.05) is 0 Å². The zero-order chi connectivity index (χ0) is 21.7. The normalized spacial score (nSPS) is 33.9. The Bertz CT molecular complexity index is 828. The van der Waals surface area contributed by atoms with E-state index in [9.17, 15) is 9.90 Å². The van der Waals surface area contributed by atoms with Crippen LogP contribution in [0, 0.1) is 22.7 Å². The number of halogens is 1. The lowest BCUT2D eigenvalue weighted by molar-refractivity contribution is -0.137. The topological polar surface area (TPSA) is 77.0 Å². The monoisotopic (exact) mass is 437 g/mol. The molecular weight excluding hydrogens is 406 g/mol. The zero-order valence-corrected chi connectivity index (χ0v) is 18.9. The molecule has 166 valence electrons. The molecule has 2 aliphatic carbocycles. The largest absolute Gasteiger partial charge is 0.504 e. The summed E-state index contributed by atoms with van der Waals surface area (Å²) in [7, 11) is 3.14. The highest BCUT2D eigenvalue weighted by atomic mass is 35.5. The predicted molar refractivity (Wildman–Crippen MR) is 114 cm³/mol. The van der Waals surface area contributed by atoms with Crippen molar-refractivity contribution in [1.82, 2.24) is 5.32 Å². The lowest BCUT2D eigenvalue weighted by atomic mass is 9.58. The van der Waals surface area contributed by atoms with Crippen molar-refractivity contribution in [2.75, 3.05) is 27.4 Å². The van der Waals surface area contributed by atoms with Crippen molar-refractivity contribution in [1.29, 1.82) is 0 Å². The van der Waals surface area contributed by atoms with Gasteiger partial charge in [0.15, 0.2) is 11.5 Å². The maximum Gasteiger partial charge on any atom is 0.222 e. The van der Waals surface area contributed by atoms with Gasteiger partial charge in [-0.25, -0.2) is 0 Å². The number of carbonyl (C=O) groups excluding carboxylic acids is 1. The summed E-state index contributed by atoms with van der Waals surface area (Å²) in [5, 5.41) is 13.9. The number of rotatable bonds is 6. The Hall–Kier alpha value is -1.50. The molecule has 7 heteroatoms. The van der Waals surface area contributed by atoms with Crippen molar-refractivity contribution >= 4 is 17.5 Å². The molecule has 6 nitrogen and oxygen atoms in total. The number of aromatic hydroxyl groups is 1. The van der Waals surface area contributed by atoms with Crippen LogP contribution < -0.4 is 10.1 Å². The highest BCUT2D eigenvalue weighted by Crippen LogP contribution is 2.70. The first-order valence-electron chi connectivity index (χ1n) is 10.7. The number of methoxy groups -OCH3 is 2. The molecule has 30 heavy (non-hydrogen) atoms.